The van der Waals surface area contributed by atoms with Crippen LogP contribution in [0.4, 0.5) is 0 Å². The molecule has 0 N–H and O–H groups in total. The zero-order valence-corrected chi connectivity index (χ0v) is 9.26. The van der Waals surface area contributed by atoms with Gasteiger partial charge in [0.1, 0.15) is 6.04 Å². The molecule has 0 bridgehead atoms. The van der Waals surface area contributed by atoms with Crippen molar-refractivity contribution in [1.29, 1.82) is 0 Å². The standard InChI is InChI=1S/C10H15N3O3/c1-2-15-10(14)8-4-3-5-13(8)6-9-11-7-16-12-9/h7-8H,2-6H2,1H3. The van der Waals surface area contributed by atoms with Crippen LogP contribution in [-0.2, 0) is 16.1 Å². The summed E-state index contributed by atoms with van der Waals surface area (Å²) >= 11 is 0. The molecule has 1 unspecified atom stereocenters. The maximum absolute atomic E-state index is 11.7. The Hall–Kier alpha value is -1.43. The minimum absolute atomic E-state index is 0.150. The number of hydrogen-bond acceptors (Lipinski definition) is 6. The Balaban J connectivity index is 1.95. The molecule has 88 valence electrons. The third-order valence-corrected chi connectivity index (χ3v) is 2.67. The molecule has 2 heterocycles. The molecule has 0 aromatic carbocycles. The summed E-state index contributed by atoms with van der Waals surface area (Å²) in [7, 11) is 0. The number of ether oxygens (including phenoxy) is 1. The maximum atomic E-state index is 11.7. The second-order valence-electron chi connectivity index (χ2n) is 3.73. The van der Waals surface area contributed by atoms with Gasteiger partial charge in [0.05, 0.1) is 13.2 Å². The van der Waals surface area contributed by atoms with Crippen LogP contribution in [0, 0.1) is 0 Å². The fourth-order valence-electron chi connectivity index (χ4n) is 1.96. The summed E-state index contributed by atoms with van der Waals surface area (Å²) < 4.78 is 9.69. The zero-order valence-electron chi connectivity index (χ0n) is 9.26. The Kier molecular flexibility index (Phi) is 3.51. The van der Waals surface area contributed by atoms with Gasteiger partial charge in [0, 0.05) is 0 Å². The molecule has 6 nitrogen and oxygen atoms in total. The van der Waals surface area contributed by atoms with E-state index >= 15 is 0 Å². The molecule has 6 heteroatoms. The quantitative estimate of drug-likeness (QED) is 0.699. The average molecular weight is 225 g/mol. The molecule has 0 radical (unpaired) electrons. The van der Waals surface area contributed by atoms with Gasteiger partial charge in [-0.05, 0) is 26.3 Å². The molecule has 1 atom stereocenters. The number of rotatable bonds is 4. The van der Waals surface area contributed by atoms with Crippen LogP contribution >= 0.6 is 0 Å². The summed E-state index contributed by atoms with van der Waals surface area (Å²) in [5.74, 6) is 0.458. The third-order valence-electron chi connectivity index (χ3n) is 2.67. The lowest BCUT2D eigenvalue weighted by Gasteiger charge is -2.20. The summed E-state index contributed by atoms with van der Waals surface area (Å²) in [5.41, 5.74) is 0. The number of likely N-dealkylation sites (tertiary alicyclic amines) is 1. The molecule has 0 spiro atoms. The molecular weight excluding hydrogens is 210 g/mol. The van der Waals surface area contributed by atoms with Crippen LogP contribution in [0.1, 0.15) is 25.6 Å². The summed E-state index contributed by atoms with van der Waals surface area (Å²) in [4.78, 5) is 17.6. The van der Waals surface area contributed by atoms with Crippen LogP contribution in [0.25, 0.3) is 0 Å². The maximum Gasteiger partial charge on any atom is 0.323 e. The molecule has 1 aliphatic rings. The third kappa shape index (κ3) is 2.38. The highest BCUT2D eigenvalue weighted by Crippen LogP contribution is 2.20. The molecule has 1 aromatic heterocycles. The van der Waals surface area contributed by atoms with E-state index in [9.17, 15) is 4.79 Å². The second kappa shape index (κ2) is 5.07. The molecule has 1 fully saturated rings. The van der Waals surface area contributed by atoms with Gasteiger partial charge in [0.25, 0.3) is 0 Å². The van der Waals surface area contributed by atoms with E-state index in [1.165, 1.54) is 6.39 Å². The van der Waals surface area contributed by atoms with E-state index in [0.29, 0.717) is 19.0 Å². The van der Waals surface area contributed by atoms with Gasteiger partial charge in [0.2, 0.25) is 6.39 Å². The lowest BCUT2D eigenvalue weighted by Crippen LogP contribution is -2.37. The first-order valence-corrected chi connectivity index (χ1v) is 5.47. The predicted octanol–water partition coefficient (Wildman–Crippen LogP) is 0.597. The van der Waals surface area contributed by atoms with E-state index in [4.69, 9.17) is 4.74 Å². The Morgan fingerprint density at radius 3 is 3.31 bits per heavy atom. The monoisotopic (exact) mass is 225 g/mol. The first-order valence-electron chi connectivity index (χ1n) is 5.47. The van der Waals surface area contributed by atoms with E-state index in [1.54, 1.807) is 0 Å². The van der Waals surface area contributed by atoms with Crippen LogP contribution in [-0.4, -0.2) is 40.2 Å². The fraction of sp³-hybridized carbons (Fsp3) is 0.700. The van der Waals surface area contributed by atoms with Crippen LogP contribution in [0.5, 0.6) is 0 Å². The highest BCUT2D eigenvalue weighted by Gasteiger charge is 2.32. The van der Waals surface area contributed by atoms with Gasteiger partial charge in [-0.2, -0.15) is 4.98 Å². The Bertz CT molecular complexity index is 339. The summed E-state index contributed by atoms with van der Waals surface area (Å²) in [5, 5.41) is 3.74. The van der Waals surface area contributed by atoms with Crippen molar-refractivity contribution in [2.75, 3.05) is 13.2 Å². The molecule has 1 aliphatic heterocycles. The second-order valence-corrected chi connectivity index (χ2v) is 3.73. The van der Waals surface area contributed by atoms with Gasteiger partial charge in [0.15, 0.2) is 5.82 Å². The SMILES string of the molecule is CCOC(=O)C1CCCN1Cc1ncon1. The number of nitrogens with zero attached hydrogens (tertiary/aromatic N) is 3. The van der Waals surface area contributed by atoms with Gasteiger partial charge >= 0.3 is 5.97 Å². The molecule has 16 heavy (non-hydrogen) atoms. The summed E-state index contributed by atoms with van der Waals surface area (Å²) in [6.07, 6.45) is 3.14. The number of carbonyl (C=O) groups excluding carboxylic acids is 1. The zero-order chi connectivity index (χ0) is 11.4. The van der Waals surface area contributed by atoms with Crippen LogP contribution in [0.15, 0.2) is 10.9 Å². The first-order chi connectivity index (χ1) is 7.81. The van der Waals surface area contributed by atoms with Gasteiger partial charge < -0.3 is 9.26 Å². The highest BCUT2D eigenvalue weighted by molar-refractivity contribution is 5.76. The van der Waals surface area contributed by atoms with Gasteiger partial charge in [-0.3, -0.25) is 9.69 Å². The number of carbonyl (C=O) groups is 1. The highest BCUT2D eigenvalue weighted by atomic mass is 16.5. The molecule has 0 aliphatic carbocycles. The molecule has 0 amide bonds. The summed E-state index contributed by atoms with van der Waals surface area (Å²) in [6.45, 7) is 3.65. The smallest absolute Gasteiger partial charge is 0.323 e. The van der Waals surface area contributed by atoms with Crippen LogP contribution in [0.3, 0.4) is 0 Å². The van der Waals surface area contributed by atoms with E-state index in [-0.39, 0.29) is 12.0 Å². The van der Waals surface area contributed by atoms with Gasteiger partial charge in [-0.1, -0.05) is 5.16 Å². The molecule has 1 aromatic rings. The Labute approximate surface area is 93.6 Å². The fourth-order valence-corrected chi connectivity index (χ4v) is 1.96. The van der Waals surface area contributed by atoms with E-state index in [2.05, 4.69) is 14.7 Å². The van der Waals surface area contributed by atoms with Gasteiger partial charge in [-0.15, -0.1) is 0 Å². The molecule has 2 rings (SSSR count). The Morgan fingerprint density at radius 2 is 2.62 bits per heavy atom. The number of hydrogen-bond donors (Lipinski definition) is 0. The normalized spacial score (nSPS) is 21.2. The van der Waals surface area contributed by atoms with E-state index in [0.717, 1.165) is 19.4 Å². The Morgan fingerprint density at radius 1 is 1.75 bits per heavy atom. The summed E-state index contributed by atoms with van der Waals surface area (Å²) in [6, 6.07) is -0.154. The van der Waals surface area contributed by atoms with Crippen molar-refractivity contribution in [3.63, 3.8) is 0 Å². The first kappa shape index (κ1) is 11.1. The number of esters is 1. The lowest BCUT2D eigenvalue weighted by atomic mass is 10.2. The van der Waals surface area contributed by atoms with E-state index in [1.807, 2.05) is 11.8 Å². The van der Waals surface area contributed by atoms with Crippen molar-refractivity contribution in [1.82, 2.24) is 15.0 Å². The van der Waals surface area contributed by atoms with Crippen molar-refractivity contribution in [2.45, 2.75) is 32.4 Å². The van der Waals surface area contributed by atoms with Crippen molar-refractivity contribution < 1.29 is 14.1 Å². The molecule has 0 saturated carbocycles. The van der Waals surface area contributed by atoms with Crippen molar-refractivity contribution in [3.05, 3.63) is 12.2 Å². The predicted molar refractivity (Wildman–Crippen MR) is 54.4 cm³/mol. The number of aromatic nitrogens is 2. The molecular formula is C10H15N3O3. The lowest BCUT2D eigenvalue weighted by molar-refractivity contribution is -0.148. The van der Waals surface area contributed by atoms with E-state index < -0.39 is 0 Å². The van der Waals surface area contributed by atoms with Crippen molar-refractivity contribution in [2.24, 2.45) is 0 Å². The van der Waals surface area contributed by atoms with Crippen LogP contribution in [0.2, 0.25) is 0 Å². The average Bonchev–Trinajstić information content (AvgIpc) is 2.90. The van der Waals surface area contributed by atoms with Crippen LogP contribution < -0.4 is 0 Å². The minimum Gasteiger partial charge on any atom is -0.465 e. The minimum atomic E-state index is -0.154. The topological polar surface area (TPSA) is 68.5 Å². The molecule has 1 saturated heterocycles. The van der Waals surface area contributed by atoms with Crippen molar-refractivity contribution >= 4 is 5.97 Å². The van der Waals surface area contributed by atoms with Crippen molar-refractivity contribution in [3.8, 4) is 0 Å². The van der Waals surface area contributed by atoms with Gasteiger partial charge in [-0.25, -0.2) is 0 Å². The largest absolute Gasteiger partial charge is 0.465 e.